The van der Waals surface area contributed by atoms with E-state index in [1.807, 2.05) is 13.8 Å². The molecule has 1 aliphatic rings. The number of carbonyl (C=O) groups is 3. The van der Waals surface area contributed by atoms with Crippen LogP contribution in [0.3, 0.4) is 0 Å². The Bertz CT molecular complexity index is 595. The molecule has 3 N–H and O–H groups in total. The smallest absolute Gasteiger partial charge is 0.310 e. The number of carboxylic acids is 1. The van der Waals surface area contributed by atoms with Gasteiger partial charge in [-0.3, -0.25) is 14.4 Å². The quantitative estimate of drug-likeness (QED) is 0.703. The van der Waals surface area contributed by atoms with Crippen molar-refractivity contribution in [2.24, 2.45) is 5.92 Å². The van der Waals surface area contributed by atoms with Crippen LogP contribution >= 0.6 is 0 Å². The van der Waals surface area contributed by atoms with Crippen LogP contribution in [0.2, 0.25) is 0 Å². The van der Waals surface area contributed by atoms with Crippen molar-refractivity contribution in [3.63, 3.8) is 0 Å². The van der Waals surface area contributed by atoms with E-state index < -0.39 is 18.0 Å². The minimum atomic E-state index is -1.04. The predicted octanol–water partition coefficient (Wildman–Crippen LogP) is 1.23. The average Bonchev–Trinajstić information content (AvgIpc) is 2.52. The molecule has 7 heteroatoms. The van der Waals surface area contributed by atoms with E-state index in [9.17, 15) is 14.7 Å². The molecule has 1 fully saturated rings. The van der Waals surface area contributed by atoms with Gasteiger partial charge in [0, 0.05) is 19.5 Å². The highest BCUT2D eigenvalue weighted by molar-refractivity contribution is 5.78. The van der Waals surface area contributed by atoms with Crippen LogP contribution < -0.4 is 0 Å². The Morgan fingerprint density at radius 2 is 1.80 bits per heavy atom. The molecule has 1 amide bonds. The summed E-state index contributed by atoms with van der Waals surface area (Å²) in [4.78, 5) is 33.3. The molecule has 1 saturated heterocycles. The Labute approximate surface area is 146 Å². The number of benzene rings is 1. The third kappa shape index (κ3) is 6.54. The largest absolute Gasteiger partial charge is 0.483 e. The molecule has 1 aromatic rings. The molecule has 1 aromatic carbocycles. The zero-order valence-corrected chi connectivity index (χ0v) is 14.5. The summed E-state index contributed by atoms with van der Waals surface area (Å²) in [5.41, 5.74) is 3.47. The highest BCUT2D eigenvalue weighted by atomic mass is 16.4. The zero-order chi connectivity index (χ0) is 19.0. The lowest BCUT2D eigenvalue weighted by Gasteiger charge is -2.34. The third-order valence-corrected chi connectivity index (χ3v) is 4.16. The van der Waals surface area contributed by atoms with Crippen LogP contribution in [0.15, 0.2) is 18.2 Å². The van der Waals surface area contributed by atoms with Gasteiger partial charge in [0.25, 0.3) is 6.47 Å². The van der Waals surface area contributed by atoms with Gasteiger partial charge >= 0.3 is 5.97 Å². The Hall–Kier alpha value is -2.41. The van der Waals surface area contributed by atoms with E-state index in [0.717, 1.165) is 5.56 Å². The number of aliphatic carboxylic acids is 1. The molecule has 0 spiro atoms. The van der Waals surface area contributed by atoms with Crippen molar-refractivity contribution in [1.29, 1.82) is 0 Å². The van der Waals surface area contributed by atoms with Crippen LogP contribution in [0, 0.1) is 19.8 Å². The molecular weight excluding hydrogens is 326 g/mol. The van der Waals surface area contributed by atoms with Crippen LogP contribution in [0.1, 0.15) is 29.5 Å². The zero-order valence-electron chi connectivity index (χ0n) is 14.5. The standard InChI is InChI=1S/C17H23NO4.CH2O2/c1-11-7-12(2)9-13(8-11)3-4-16(20)18-6-5-15(19)14(10-18)17(21)22;2-1-3/h7-9,14-15,19H,3-6,10H2,1-2H3,(H,21,22);1H,(H,2,3)/t14-,15-;/m1./s1. The van der Waals surface area contributed by atoms with Gasteiger partial charge in [-0.25, -0.2) is 0 Å². The molecule has 0 unspecified atom stereocenters. The Kier molecular flexibility index (Phi) is 8.07. The van der Waals surface area contributed by atoms with Gasteiger partial charge in [0.05, 0.1) is 6.10 Å². The highest BCUT2D eigenvalue weighted by Crippen LogP contribution is 2.19. The number of piperidine rings is 1. The van der Waals surface area contributed by atoms with Crippen LogP contribution in [-0.2, 0) is 20.8 Å². The summed E-state index contributed by atoms with van der Waals surface area (Å²) in [6.45, 7) is 4.34. The lowest BCUT2D eigenvalue weighted by molar-refractivity contribution is -0.151. The summed E-state index contributed by atoms with van der Waals surface area (Å²) in [7, 11) is 0. The van der Waals surface area contributed by atoms with Crippen LogP contribution in [0.4, 0.5) is 0 Å². The molecular formula is C18H25NO6. The van der Waals surface area contributed by atoms with Gasteiger partial charge in [-0.1, -0.05) is 29.3 Å². The summed E-state index contributed by atoms with van der Waals surface area (Å²) in [5, 5.41) is 25.7. The summed E-state index contributed by atoms with van der Waals surface area (Å²) >= 11 is 0. The lowest BCUT2D eigenvalue weighted by Crippen LogP contribution is -2.48. The lowest BCUT2D eigenvalue weighted by atomic mass is 9.94. The van der Waals surface area contributed by atoms with Gasteiger partial charge in [0.1, 0.15) is 5.92 Å². The number of carbonyl (C=O) groups excluding carboxylic acids is 1. The van der Waals surface area contributed by atoms with Crippen LogP contribution in [0.25, 0.3) is 0 Å². The Morgan fingerprint density at radius 3 is 2.32 bits per heavy atom. The van der Waals surface area contributed by atoms with Crippen molar-refractivity contribution >= 4 is 18.3 Å². The van der Waals surface area contributed by atoms with Gasteiger partial charge in [-0.2, -0.15) is 0 Å². The molecule has 25 heavy (non-hydrogen) atoms. The normalized spacial score (nSPS) is 19.6. The Morgan fingerprint density at radius 1 is 1.24 bits per heavy atom. The van der Waals surface area contributed by atoms with E-state index >= 15 is 0 Å². The van der Waals surface area contributed by atoms with Crippen molar-refractivity contribution < 1.29 is 29.7 Å². The topological polar surface area (TPSA) is 115 Å². The molecule has 0 bridgehead atoms. The van der Waals surface area contributed by atoms with Gasteiger partial charge < -0.3 is 20.2 Å². The molecule has 2 atom stereocenters. The van der Waals surface area contributed by atoms with E-state index in [-0.39, 0.29) is 18.9 Å². The number of carboxylic acid groups (broad SMARTS) is 2. The number of hydrogen-bond acceptors (Lipinski definition) is 4. The molecule has 1 aliphatic heterocycles. The second-order valence-corrected chi connectivity index (χ2v) is 6.24. The fourth-order valence-corrected chi connectivity index (χ4v) is 3.03. The van der Waals surface area contributed by atoms with Gasteiger partial charge in [-0.15, -0.1) is 0 Å². The van der Waals surface area contributed by atoms with Crippen LogP contribution in [-0.4, -0.2) is 57.8 Å². The number of aliphatic hydroxyl groups is 1. The SMILES string of the molecule is Cc1cc(C)cc(CCC(=O)N2CC[C@@H](O)[C@H](C(=O)O)C2)c1.O=CO. The molecule has 0 radical (unpaired) electrons. The predicted molar refractivity (Wildman–Crippen MR) is 91.3 cm³/mol. The first kappa shape index (κ1) is 20.6. The molecule has 0 aromatic heterocycles. The van der Waals surface area contributed by atoms with Gasteiger partial charge in [0.15, 0.2) is 0 Å². The molecule has 2 rings (SSSR count). The summed E-state index contributed by atoms with van der Waals surface area (Å²) < 4.78 is 0. The maximum Gasteiger partial charge on any atom is 0.310 e. The van der Waals surface area contributed by atoms with Crippen molar-refractivity contribution in [2.75, 3.05) is 13.1 Å². The molecule has 7 nitrogen and oxygen atoms in total. The number of aliphatic hydroxyl groups excluding tert-OH is 1. The summed E-state index contributed by atoms with van der Waals surface area (Å²) in [6, 6.07) is 6.23. The minimum Gasteiger partial charge on any atom is -0.483 e. The second-order valence-electron chi connectivity index (χ2n) is 6.24. The van der Waals surface area contributed by atoms with E-state index in [4.69, 9.17) is 15.0 Å². The summed E-state index contributed by atoms with van der Waals surface area (Å²) in [6.07, 6.45) is 0.483. The molecule has 138 valence electrons. The van der Waals surface area contributed by atoms with Crippen molar-refractivity contribution in [3.05, 3.63) is 34.9 Å². The third-order valence-electron chi connectivity index (χ3n) is 4.16. The van der Waals surface area contributed by atoms with E-state index in [2.05, 4.69) is 18.2 Å². The summed E-state index contributed by atoms with van der Waals surface area (Å²) in [5.74, 6) is -1.96. The number of likely N-dealkylation sites (tertiary alicyclic amines) is 1. The average molecular weight is 351 g/mol. The number of aryl methyl sites for hydroxylation is 3. The fraction of sp³-hybridized carbons (Fsp3) is 0.500. The molecule has 1 heterocycles. The first-order chi connectivity index (χ1) is 11.8. The maximum atomic E-state index is 12.3. The number of amides is 1. The molecule has 0 saturated carbocycles. The number of nitrogens with zero attached hydrogens (tertiary/aromatic N) is 1. The first-order valence-corrected chi connectivity index (χ1v) is 8.12. The van der Waals surface area contributed by atoms with Gasteiger partial charge in [0.2, 0.25) is 5.91 Å². The van der Waals surface area contributed by atoms with Crippen molar-refractivity contribution in [2.45, 2.75) is 39.2 Å². The van der Waals surface area contributed by atoms with E-state index in [1.165, 1.54) is 11.1 Å². The number of rotatable bonds is 4. The molecule has 0 aliphatic carbocycles. The Balaban J connectivity index is 0.000000970. The van der Waals surface area contributed by atoms with Crippen molar-refractivity contribution in [3.8, 4) is 0 Å². The van der Waals surface area contributed by atoms with Gasteiger partial charge in [-0.05, 0) is 32.3 Å². The monoisotopic (exact) mass is 351 g/mol. The number of hydrogen-bond donors (Lipinski definition) is 3. The first-order valence-electron chi connectivity index (χ1n) is 8.12. The highest BCUT2D eigenvalue weighted by Gasteiger charge is 2.34. The van der Waals surface area contributed by atoms with Crippen LogP contribution in [0.5, 0.6) is 0 Å². The minimum absolute atomic E-state index is 0.0442. The van der Waals surface area contributed by atoms with E-state index in [1.54, 1.807) is 4.90 Å². The van der Waals surface area contributed by atoms with Crippen molar-refractivity contribution in [1.82, 2.24) is 4.90 Å². The second kappa shape index (κ2) is 9.78. The fourth-order valence-electron chi connectivity index (χ4n) is 3.03. The maximum absolute atomic E-state index is 12.3. The van der Waals surface area contributed by atoms with E-state index in [0.29, 0.717) is 25.8 Å².